The number of rotatable bonds is 2. The summed E-state index contributed by atoms with van der Waals surface area (Å²) < 4.78 is 1.83. The second-order valence-corrected chi connectivity index (χ2v) is 4.22. The minimum Gasteiger partial charge on any atom is -0.391 e. The van der Waals surface area contributed by atoms with E-state index in [0.29, 0.717) is 16.6 Å². The van der Waals surface area contributed by atoms with E-state index in [1.165, 1.54) is 0 Å². The normalized spacial score (nSPS) is 18.8. The molecule has 1 unspecified atom stereocenters. The van der Waals surface area contributed by atoms with Crippen molar-refractivity contribution in [2.45, 2.75) is 12.5 Å². The zero-order chi connectivity index (χ0) is 12.5. The van der Waals surface area contributed by atoms with E-state index in [1.807, 2.05) is 17.0 Å². The topological polar surface area (TPSA) is 85.8 Å². The van der Waals surface area contributed by atoms with Gasteiger partial charge >= 0.3 is 0 Å². The van der Waals surface area contributed by atoms with Gasteiger partial charge in [-0.2, -0.15) is 5.10 Å². The quantitative estimate of drug-likeness (QED) is 0.807. The highest BCUT2D eigenvalue weighted by Crippen LogP contribution is 2.22. The Labute approximate surface area is 103 Å². The third kappa shape index (κ3) is 1.62. The van der Waals surface area contributed by atoms with E-state index >= 15 is 0 Å². The number of amides is 1. The number of nitrogens with two attached hydrogens (primary N) is 1. The summed E-state index contributed by atoms with van der Waals surface area (Å²) in [6.07, 6.45) is 8.13. The van der Waals surface area contributed by atoms with Crippen molar-refractivity contribution in [1.82, 2.24) is 20.1 Å². The van der Waals surface area contributed by atoms with Crippen molar-refractivity contribution < 1.29 is 4.79 Å². The van der Waals surface area contributed by atoms with E-state index in [-0.39, 0.29) is 6.04 Å². The number of carbonyl (C=O) groups is 1. The number of aromatic nitrogens is 3. The van der Waals surface area contributed by atoms with E-state index in [4.69, 9.17) is 5.73 Å². The van der Waals surface area contributed by atoms with Crippen LogP contribution in [0.5, 0.6) is 0 Å². The highest BCUT2D eigenvalue weighted by atomic mass is 16.1. The number of fused-ring (bicyclic) bond motifs is 1. The Morgan fingerprint density at radius 2 is 2.44 bits per heavy atom. The Balaban J connectivity index is 2.14. The number of hydrogen-bond donors (Lipinski definition) is 2. The smallest absolute Gasteiger partial charge is 0.249 e. The summed E-state index contributed by atoms with van der Waals surface area (Å²) in [4.78, 5) is 15.6. The number of nitrogens with zero attached hydrogens (tertiary/aromatic N) is 3. The second-order valence-electron chi connectivity index (χ2n) is 4.22. The van der Waals surface area contributed by atoms with E-state index in [2.05, 4.69) is 15.4 Å². The predicted octanol–water partition coefficient (Wildman–Crippen LogP) is 0.578. The molecular weight excluding hydrogens is 230 g/mol. The number of primary amides is 1. The van der Waals surface area contributed by atoms with Crippen molar-refractivity contribution in [3.8, 4) is 0 Å². The lowest BCUT2D eigenvalue weighted by atomic mass is 10.1. The van der Waals surface area contributed by atoms with Crippen molar-refractivity contribution in [3.63, 3.8) is 0 Å². The molecule has 0 saturated heterocycles. The van der Waals surface area contributed by atoms with Crippen LogP contribution in [0.15, 0.2) is 30.7 Å². The Morgan fingerprint density at radius 1 is 1.56 bits per heavy atom. The van der Waals surface area contributed by atoms with Crippen molar-refractivity contribution in [2.75, 3.05) is 6.54 Å². The average Bonchev–Trinajstić information content (AvgIpc) is 2.83. The molecule has 3 rings (SSSR count). The lowest BCUT2D eigenvalue weighted by Crippen LogP contribution is -2.21. The van der Waals surface area contributed by atoms with Crippen molar-refractivity contribution >= 4 is 16.9 Å². The van der Waals surface area contributed by atoms with Gasteiger partial charge in [-0.15, -0.1) is 0 Å². The number of nitrogens with one attached hydrogen (secondary N) is 1. The molecule has 1 atom stereocenters. The highest BCUT2D eigenvalue weighted by molar-refractivity contribution is 6.04. The van der Waals surface area contributed by atoms with Gasteiger partial charge in [0.15, 0.2) is 5.65 Å². The predicted molar refractivity (Wildman–Crippen MR) is 66.8 cm³/mol. The molecule has 18 heavy (non-hydrogen) atoms. The summed E-state index contributed by atoms with van der Waals surface area (Å²) in [5.74, 6) is -0.456. The first kappa shape index (κ1) is 10.8. The summed E-state index contributed by atoms with van der Waals surface area (Å²) in [5, 5.41) is 8.17. The van der Waals surface area contributed by atoms with Crippen LogP contribution in [0.4, 0.5) is 0 Å². The molecule has 1 amide bonds. The summed E-state index contributed by atoms with van der Waals surface area (Å²) in [5.41, 5.74) is 6.50. The van der Waals surface area contributed by atoms with Crippen molar-refractivity contribution in [3.05, 3.63) is 36.3 Å². The molecule has 2 aromatic heterocycles. The van der Waals surface area contributed by atoms with Crippen LogP contribution in [-0.2, 0) is 0 Å². The number of allylic oxidation sites excluding steroid dienone is 1. The summed E-state index contributed by atoms with van der Waals surface area (Å²) in [6.45, 7) is 0.901. The molecule has 2 aromatic rings. The van der Waals surface area contributed by atoms with Crippen LogP contribution in [0.1, 0.15) is 22.8 Å². The summed E-state index contributed by atoms with van der Waals surface area (Å²) in [6, 6.07) is 1.79. The van der Waals surface area contributed by atoms with Gasteiger partial charge in [0.1, 0.15) is 0 Å². The van der Waals surface area contributed by atoms with E-state index in [0.717, 1.165) is 13.0 Å². The molecule has 0 aliphatic carbocycles. The van der Waals surface area contributed by atoms with E-state index in [1.54, 1.807) is 18.5 Å². The molecule has 92 valence electrons. The van der Waals surface area contributed by atoms with Crippen LogP contribution >= 0.6 is 0 Å². The Hall–Kier alpha value is -2.37. The molecule has 1 aliphatic heterocycles. The molecule has 0 radical (unpaired) electrons. The van der Waals surface area contributed by atoms with Crippen LogP contribution in [0, 0.1) is 0 Å². The number of carbonyl (C=O) groups excluding carboxylic acids is 1. The van der Waals surface area contributed by atoms with Gasteiger partial charge in [-0.3, -0.25) is 4.79 Å². The van der Waals surface area contributed by atoms with Gasteiger partial charge in [0.25, 0.3) is 0 Å². The molecule has 1 aliphatic rings. The second kappa shape index (κ2) is 4.14. The minimum atomic E-state index is -0.456. The van der Waals surface area contributed by atoms with Crippen molar-refractivity contribution in [2.24, 2.45) is 5.73 Å². The molecule has 0 fully saturated rings. The molecule has 3 heterocycles. The van der Waals surface area contributed by atoms with E-state index < -0.39 is 5.91 Å². The first-order valence-corrected chi connectivity index (χ1v) is 5.79. The molecule has 3 N–H and O–H groups in total. The largest absolute Gasteiger partial charge is 0.391 e. The average molecular weight is 243 g/mol. The Kier molecular flexibility index (Phi) is 2.47. The summed E-state index contributed by atoms with van der Waals surface area (Å²) in [7, 11) is 0. The van der Waals surface area contributed by atoms with Crippen molar-refractivity contribution in [1.29, 1.82) is 0 Å². The van der Waals surface area contributed by atoms with Gasteiger partial charge < -0.3 is 11.1 Å². The first-order valence-electron chi connectivity index (χ1n) is 5.79. The number of pyridine rings is 1. The maximum absolute atomic E-state index is 11.3. The monoisotopic (exact) mass is 243 g/mol. The minimum absolute atomic E-state index is 0.166. The Bertz CT molecular complexity index is 630. The van der Waals surface area contributed by atoms with Gasteiger partial charge in [-0.1, -0.05) is 0 Å². The third-order valence-corrected chi connectivity index (χ3v) is 3.10. The zero-order valence-electron chi connectivity index (χ0n) is 9.71. The van der Waals surface area contributed by atoms with Gasteiger partial charge in [-0.25, -0.2) is 9.67 Å². The first-order chi connectivity index (χ1) is 8.77. The molecule has 6 nitrogen and oxygen atoms in total. The zero-order valence-corrected chi connectivity index (χ0v) is 9.71. The van der Waals surface area contributed by atoms with Crippen LogP contribution in [0.25, 0.3) is 11.0 Å². The van der Waals surface area contributed by atoms with Gasteiger partial charge in [0.05, 0.1) is 23.2 Å². The maximum Gasteiger partial charge on any atom is 0.249 e. The van der Waals surface area contributed by atoms with Crippen LogP contribution in [0.3, 0.4) is 0 Å². The third-order valence-electron chi connectivity index (χ3n) is 3.10. The fourth-order valence-electron chi connectivity index (χ4n) is 2.20. The molecule has 0 spiro atoms. The van der Waals surface area contributed by atoms with Gasteiger partial charge in [0.2, 0.25) is 5.91 Å². The van der Waals surface area contributed by atoms with Crippen LogP contribution in [-0.4, -0.2) is 27.2 Å². The molecule has 0 saturated carbocycles. The van der Waals surface area contributed by atoms with Crippen LogP contribution in [0.2, 0.25) is 0 Å². The lowest BCUT2D eigenvalue weighted by molar-refractivity contribution is 0.100. The lowest BCUT2D eigenvalue weighted by Gasteiger charge is -2.18. The maximum atomic E-state index is 11.3. The molecular formula is C12H13N5O. The van der Waals surface area contributed by atoms with Gasteiger partial charge in [-0.05, 0) is 24.8 Å². The molecule has 0 aromatic carbocycles. The fourth-order valence-corrected chi connectivity index (χ4v) is 2.20. The van der Waals surface area contributed by atoms with Crippen LogP contribution < -0.4 is 11.1 Å². The summed E-state index contributed by atoms with van der Waals surface area (Å²) >= 11 is 0. The standard InChI is InChI=1S/C12H13N5O/c13-11(18)9-3-6-15-12-10(9)7-16-17(12)8-1-4-14-5-2-8/h1,3-4,6-8,14H,2,5H2,(H2,13,18). The molecule has 0 bridgehead atoms. The number of hydrogen-bond acceptors (Lipinski definition) is 4. The Morgan fingerprint density at radius 3 is 3.17 bits per heavy atom. The van der Waals surface area contributed by atoms with E-state index in [9.17, 15) is 4.79 Å². The molecule has 6 heteroatoms. The fraction of sp³-hybridized carbons (Fsp3) is 0.250. The highest BCUT2D eigenvalue weighted by Gasteiger charge is 2.17. The van der Waals surface area contributed by atoms with Gasteiger partial charge in [0, 0.05) is 12.7 Å². The SMILES string of the molecule is NC(=O)c1ccnc2c1cnn2C1C=CNCC1.